The van der Waals surface area contributed by atoms with E-state index in [9.17, 15) is 4.79 Å². The lowest BCUT2D eigenvalue weighted by atomic mass is 10.0. The van der Waals surface area contributed by atoms with Gasteiger partial charge in [-0.15, -0.1) is 0 Å². The minimum absolute atomic E-state index is 0.0533. The van der Waals surface area contributed by atoms with Crippen molar-refractivity contribution in [2.24, 2.45) is 0 Å². The summed E-state index contributed by atoms with van der Waals surface area (Å²) in [6.45, 7) is 7.27. The van der Waals surface area contributed by atoms with Crippen molar-refractivity contribution in [3.8, 4) is 11.5 Å². The van der Waals surface area contributed by atoms with Crippen LogP contribution in [0.5, 0.6) is 11.5 Å². The molecule has 5 heteroatoms. The van der Waals surface area contributed by atoms with Crippen LogP contribution in [0.2, 0.25) is 0 Å². The average molecular weight is 409 g/mol. The minimum atomic E-state index is -0.0533. The molecule has 1 N–H and O–H groups in total. The Hall–Kier alpha value is -2.53. The lowest BCUT2D eigenvalue weighted by Crippen LogP contribution is -2.38. The summed E-state index contributed by atoms with van der Waals surface area (Å²) in [6.07, 6.45) is 4.14. The lowest BCUT2D eigenvalue weighted by Gasteiger charge is -2.32. The van der Waals surface area contributed by atoms with Gasteiger partial charge in [0.1, 0.15) is 17.6 Å². The molecule has 0 atom stereocenters. The average Bonchev–Trinajstić information content (AvgIpc) is 3.52. The van der Waals surface area contributed by atoms with Crippen LogP contribution in [0.3, 0.4) is 0 Å². The second kappa shape index (κ2) is 9.09. The fraction of sp³-hybridized carbons (Fsp3) is 0.480. The molecule has 5 nitrogen and oxygen atoms in total. The van der Waals surface area contributed by atoms with E-state index >= 15 is 0 Å². The van der Waals surface area contributed by atoms with Gasteiger partial charge in [0.15, 0.2) is 0 Å². The van der Waals surface area contributed by atoms with E-state index in [4.69, 9.17) is 9.47 Å². The first-order valence-corrected chi connectivity index (χ1v) is 11.0. The maximum Gasteiger partial charge on any atom is 0.255 e. The maximum atomic E-state index is 12.6. The number of hydrogen-bond acceptors (Lipinski definition) is 4. The zero-order valence-corrected chi connectivity index (χ0v) is 18.2. The van der Waals surface area contributed by atoms with Crippen LogP contribution < -0.4 is 14.8 Å². The van der Waals surface area contributed by atoms with Crippen LogP contribution >= 0.6 is 0 Å². The Bertz CT molecular complexity index is 879. The lowest BCUT2D eigenvalue weighted by molar-refractivity contribution is 0.0889. The van der Waals surface area contributed by atoms with Crippen LogP contribution in [0.1, 0.15) is 52.7 Å². The summed E-state index contributed by atoms with van der Waals surface area (Å²) in [5.74, 6) is 1.28. The van der Waals surface area contributed by atoms with Gasteiger partial charge in [0.05, 0.1) is 12.7 Å². The highest BCUT2D eigenvalue weighted by atomic mass is 16.5. The van der Waals surface area contributed by atoms with Gasteiger partial charge in [0.2, 0.25) is 0 Å². The third-order valence-corrected chi connectivity index (χ3v) is 5.86. The molecular formula is C25H32N2O3. The smallest absolute Gasteiger partial charge is 0.255 e. The van der Waals surface area contributed by atoms with Gasteiger partial charge >= 0.3 is 0 Å². The SMILES string of the molecule is COc1ccc(C(=O)NC2CC2)c(OC2CCN(Cc3cc(C)cc(C)c3)CC2)c1. The number of piperidine rings is 1. The molecule has 1 aliphatic heterocycles. The molecule has 2 aromatic carbocycles. The van der Waals surface area contributed by atoms with E-state index in [1.165, 1.54) is 16.7 Å². The number of ether oxygens (including phenoxy) is 2. The topological polar surface area (TPSA) is 50.8 Å². The Labute approximate surface area is 179 Å². The summed E-state index contributed by atoms with van der Waals surface area (Å²) in [5, 5.41) is 3.06. The molecule has 1 heterocycles. The van der Waals surface area contributed by atoms with Gasteiger partial charge in [0.25, 0.3) is 5.91 Å². The number of carbonyl (C=O) groups is 1. The van der Waals surface area contributed by atoms with Crippen LogP contribution in [-0.2, 0) is 6.54 Å². The minimum Gasteiger partial charge on any atom is -0.497 e. The highest BCUT2D eigenvalue weighted by Crippen LogP contribution is 2.29. The number of methoxy groups -OCH3 is 1. The Kier molecular flexibility index (Phi) is 6.28. The number of amides is 1. The Morgan fingerprint density at radius 1 is 1.03 bits per heavy atom. The first-order chi connectivity index (χ1) is 14.5. The van der Waals surface area contributed by atoms with E-state index in [0.717, 1.165) is 45.3 Å². The number of nitrogens with one attached hydrogen (secondary N) is 1. The summed E-state index contributed by atoms with van der Waals surface area (Å²) in [6, 6.07) is 12.6. The van der Waals surface area contributed by atoms with Crippen molar-refractivity contribution in [2.75, 3.05) is 20.2 Å². The van der Waals surface area contributed by atoms with Gasteiger partial charge in [-0.05, 0) is 57.2 Å². The summed E-state index contributed by atoms with van der Waals surface area (Å²) in [7, 11) is 1.63. The van der Waals surface area contributed by atoms with Crippen molar-refractivity contribution in [1.82, 2.24) is 10.2 Å². The molecule has 2 fully saturated rings. The molecule has 0 bridgehead atoms. The molecule has 0 aromatic heterocycles. The largest absolute Gasteiger partial charge is 0.497 e. The third kappa shape index (κ3) is 5.33. The zero-order valence-electron chi connectivity index (χ0n) is 18.2. The Morgan fingerprint density at radius 2 is 1.73 bits per heavy atom. The van der Waals surface area contributed by atoms with Crippen LogP contribution in [-0.4, -0.2) is 43.2 Å². The summed E-state index contributed by atoms with van der Waals surface area (Å²) in [4.78, 5) is 15.1. The molecule has 1 saturated carbocycles. The number of likely N-dealkylation sites (tertiary alicyclic amines) is 1. The van der Waals surface area contributed by atoms with Crippen LogP contribution in [0.15, 0.2) is 36.4 Å². The molecule has 2 aliphatic rings. The second-order valence-corrected chi connectivity index (χ2v) is 8.70. The number of hydrogen-bond donors (Lipinski definition) is 1. The van der Waals surface area contributed by atoms with Crippen molar-refractivity contribution < 1.29 is 14.3 Å². The van der Waals surface area contributed by atoms with E-state index in [2.05, 4.69) is 42.3 Å². The van der Waals surface area contributed by atoms with Crippen molar-refractivity contribution in [2.45, 2.75) is 58.2 Å². The molecule has 1 aliphatic carbocycles. The molecular weight excluding hydrogens is 376 g/mol. The Morgan fingerprint density at radius 3 is 2.37 bits per heavy atom. The number of aryl methyl sites for hydroxylation is 2. The predicted octanol–water partition coefficient (Wildman–Crippen LogP) is 4.25. The van der Waals surface area contributed by atoms with Crippen molar-refractivity contribution in [1.29, 1.82) is 0 Å². The molecule has 4 rings (SSSR count). The molecule has 0 radical (unpaired) electrons. The number of nitrogens with zero attached hydrogens (tertiary/aromatic N) is 1. The van der Waals surface area contributed by atoms with Gasteiger partial charge in [-0.2, -0.15) is 0 Å². The molecule has 160 valence electrons. The monoisotopic (exact) mass is 408 g/mol. The fourth-order valence-electron chi connectivity index (χ4n) is 4.19. The quantitative estimate of drug-likeness (QED) is 0.744. The highest BCUT2D eigenvalue weighted by molar-refractivity contribution is 5.97. The van der Waals surface area contributed by atoms with Crippen LogP contribution in [0.4, 0.5) is 0 Å². The Balaban J connectivity index is 1.37. The van der Waals surface area contributed by atoms with E-state index < -0.39 is 0 Å². The van der Waals surface area contributed by atoms with E-state index in [-0.39, 0.29) is 12.0 Å². The molecule has 0 unspecified atom stereocenters. The molecule has 0 spiro atoms. The van der Waals surface area contributed by atoms with Crippen LogP contribution in [0.25, 0.3) is 0 Å². The normalized spacial score (nSPS) is 17.6. The summed E-state index contributed by atoms with van der Waals surface area (Å²) in [5.41, 5.74) is 4.61. The van der Waals surface area contributed by atoms with Gasteiger partial charge in [-0.25, -0.2) is 0 Å². The first kappa shape index (κ1) is 20.7. The number of benzene rings is 2. The van der Waals surface area contributed by atoms with Gasteiger partial charge in [0, 0.05) is 31.7 Å². The standard InChI is InChI=1S/C25H32N2O3/c1-17-12-18(2)14-19(13-17)16-27-10-8-21(9-11-27)30-24-15-22(29-3)6-7-23(24)25(28)26-20-4-5-20/h6-7,12-15,20-21H,4-5,8-11,16H2,1-3H3,(H,26,28). The van der Waals surface area contributed by atoms with Gasteiger partial charge < -0.3 is 14.8 Å². The van der Waals surface area contributed by atoms with Crippen molar-refractivity contribution in [3.05, 3.63) is 58.7 Å². The summed E-state index contributed by atoms with van der Waals surface area (Å²) >= 11 is 0. The van der Waals surface area contributed by atoms with E-state index in [1.54, 1.807) is 13.2 Å². The number of rotatable bonds is 7. The van der Waals surface area contributed by atoms with E-state index in [0.29, 0.717) is 23.1 Å². The van der Waals surface area contributed by atoms with Gasteiger partial charge in [-0.3, -0.25) is 9.69 Å². The van der Waals surface area contributed by atoms with Crippen molar-refractivity contribution >= 4 is 5.91 Å². The van der Waals surface area contributed by atoms with Crippen molar-refractivity contribution in [3.63, 3.8) is 0 Å². The molecule has 30 heavy (non-hydrogen) atoms. The fourth-order valence-corrected chi connectivity index (χ4v) is 4.19. The number of carbonyl (C=O) groups excluding carboxylic acids is 1. The maximum absolute atomic E-state index is 12.6. The first-order valence-electron chi connectivity index (χ1n) is 11.0. The highest BCUT2D eigenvalue weighted by Gasteiger charge is 2.27. The predicted molar refractivity (Wildman–Crippen MR) is 118 cm³/mol. The third-order valence-electron chi connectivity index (χ3n) is 5.86. The van der Waals surface area contributed by atoms with E-state index in [1.807, 2.05) is 12.1 Å². The molecule has 2 aromatic rings. The molecule has 1 amide bonds. The second-order valence-electron chi connectivity index (χ2n) is 8.70. The van der Waals surface area contributed by atoms with Crippen LogP contribution in [0, 0.1) is 13.8 Å². The zero-order chi connectivity index (χ0) is 21.1. The molecule has 1 saturated heterocycles. The van der Waals surface area contributed by atoms with Gasteiger partial charge in [-0.1, -0.05) is 29.3 Å². The summed E-state index contributed by atoms with van der Waals surface area (Å²) < 4.78 is 11.7.